The van der Waals surface area contributed by atoms with Crippen LogP contribution in [0.1, 0.15) is 16.7 Å². The van der Waals surface area contributed by atoms with Gasteiger partial charge in [0.2, 0.25) is 0 Å². The second kappa shape index (κ2) is 8.10. The van der Waals surface area contributed by atoms with Crippen LogP contribution in [-0.4, -0.2) is 31.0 Å². The summed E-state index contributed by atoms with van der Waals surface area (Å²) in [5.41, 5.74) is -0.603. The van der Waals surface area contributed by atoms with Gasteiger partial charge in [-0.1, -0.05) is 23.7 Å². The highest BCUT2D eigenvalue weighted by atomic mass is 35.5. The summed E-state index contributed by atoms with van der Waals surface area (Å²) in [5, 5.41) is 10.8. The zero-order valence-electron chi connectivity index (χ0n) is 16.3. The van der Waals surface area contributed by atoms with Gasteiger partial charge in [-0.2, -0.15) is 5.26 Å². The van der Waals surface area contributed by atoms with Crippen molar-refractivity contribution in [3.63, 3.8) is 0 Å². The molecule has 3 amide bonds. The summed E-state index contributed by atoms with van der Waals surface area (Å²) in [5.74, 6) is -2.66. The fourth-order valence-electron chi connectivity index (χ4n) is 3.38. The van der Waals surface area contributed by atoms with Gasteiger partial charge in [0.1, 0.15) is 17.6 Å². The minimum atomic E-state index is -4.98. The average Bonchev–Trinajstić information content (AvgIpc) is 3.24. The number of halogens is 3. The summed E-state index contributed by atoms with van der Waals surface area (Å²) in [6, 6.07) is 6.99. The van der Waals surface area contributed by atoms with Crippen LogP contribution < -0.4 is 5.32 Å². The molecule has 0 spiro atoms. The Kier molecular flexibility index (Phi) is 5.56. The van der Waals surface area contributed by atoms with Gasteiger partial charge in [0.05, 0.1) is 22.6 Å². The zero-order chi connectivity index (χ0) is 24.1. The quantitative estimate of drug-likeness (QED) is 0.290. The first kappa shape index (κ1) is 22.6. The lowest BCUT2D eigenvalue weighted by molar-refractivity contribution is -0.123. The van der Waals surface area contributed by atoms with Crippen molar-refractivity contribution in [2.75, 3.05) is 0 Å². The van der Waals surface area contributed by atoms with E-state index in [0.29, 0.717) is 4.34 Å². The van der Waals surface area contributed by atoms with E-state index in [4.69, 9.17) is 16.9 Å². The summed E-state index contributed by atoms with van der Waals surface area (Å²) in [6.07, 6.45) is 2.08. The molecule has 3 N–H and O–H groups in total. The molecule has 0 radical (unpaired) electrons. The highest BCUT2D eigenvalue weighted by molar-refractivity contribution is 7.50. The van der Waals surface area contributed by atoms with Crippen LogP contribution in [0.5, 0.6) is 0 Å². The van der Waals surface area contributed by atoms with E-state index in [9.17, 15) is 32.7 Å². The Morgan fingerprint density at radius 3 is 2.58 bits per heavy atom. The number of amides is 3. The SMILES string of the molecule is N#Cc1ccc(CN2C(=O)N/C(=C\c3cn(P(=O)(O)O)c4c(F)c(Cl)ccc34)C2=O)cc1F. The highest BCUT2D eigenvalue weighted by Crippen LogP contribution is 2.44. The van der Waals surface area contributed by atoms with E-state index in [0.717, 1.165) is 23.2 Å². The summed E-state index contributed by atoms with van der Waals surface area (Å²) in [7, 11) is -4.98. The summed E-state index contributed by atoms with van der Waals surface area (Å²) >= 11 is 5.74. The molecule has 2 aromatic carbocycles. The molecule has 33 heavy (non-hydrogen) atoms. The lowest BCUT2D eigenvalue weighted by Gasteiger charge is -2.12. The molecule has 9 nitrogen and oxygen atoms in total. The molecule has 0 atom stereocenters. The normalized spacial score (nSPS) is 15.4. The third kappa shape index (κ3) is 4.01. The van der Waals surface area contributed by atoms with Crippen LogP contribution in [-0.2, 0) is 15.9 Å². The Morgan fingerprint density at radius 1 is 1.21 bits per heavy atom. The molecule has 1 aromatic heterocycles. The van der Waals surface area contributed by atoms with Crippen molar-refractivity contribution in [3.05, 3.63) is 75.6 Å². The fraction of sp³-hybridized carbons (Fsp3) is 0.0500. The molecule has 1 saturated heterocycles. The van der Waals surface area contributed by atoms with Crippen molar-refractivity contribution < 1.29 is 32.7 Å². The number of hydrogen-bond donors (Lipinski definition) is 3. The molecule has 1 aliphatic rings. The minimum Gasteiger partial charge on any atom is -0.308 e. The van der Waals surface area contributed by atoms with Crippen molar-refractivity contribution in [3.8, 4) is 6.07 Å². The molecule has 0 saturated carbocycles. The Hall–Kier alpha value is -3.55. The minimum absolute atomic E-state index is 0.0406. The molecule has 13 heteroatoms. The number of nitrogens with one attached hydrogen (secondary N) is 1. The van der Waals surface area contributed by atoms with Gasteiger partial charge in [-0.3, -0.25) is 14.0 Å². The van der Waals surface area contributed by atoms with Gasteiger partial charge in [-0.05, 0) is 29.8 Å². The predicted molar refractivity (Wildman–Crippen MR) is 113 cm³/mol. The number of aromatic nitrogens is 1. The predicted octanol–water partition coefficient (Wildman–Crippen LogP) is 3.48. The lowest BCUT2D eigenvalue weighted by Crippen LogP contribution is -2.30. The van der Waals surface area contributed by atoms with Gasteiger partial charge >= 0.3 is 13.8 Å². The van der Waals surface area contributed by atoms with Gasteiger partial charge in [0.15, 0.2) is 5.82 Å². The molecule has 0 unspecified atom stereocenters. The molecule has 3 aromatic rings. The van der Waals surface area contributed by atoms with E-state index in [2.05, 4.69) is 5.32 Å². The molecule has 1 aliphatic heterocycles. The van der Waals surface area contributed by atoms with E-state index >= 15 is 0 Å². The van der Waals surface area contributed by atoms with Crippen molar-refractivity contribution in [1.29, 1.82) is 5.26 Å². The molecular formula is C20H12ClF2N4O5P. The van der Waals surface area contributed by atoms with E-state index in [-0.39, 0.29) is 39.3 Å². The number of carbonyl (C=O) groups excluding carboxylic acids is 2. The zero-order valence-corrected chi connectivity index (χ0v) is 17.9. The fourth-order valence-corrected chi connectivity index (χ4v) is 4.27. The van der Waals surface area contributed by atoms with Crippen molar-refractivity contribution in [1.82, 2.24) is 14.6 Å². The van der Waals surface area contributed by atoms with Gasteiger partial charge in [-0.25, -0.2) is 18.1 Å². The van der Waals surface area contributed by atoms with E-state index in [1.54, 1.807) is 6.07 Å². The van der Waals surface area contributed by atoms with Crippen LogP contribution in [0.4, 0.5) is 13.6 Å². The van der Waals surface area contributed by atoms with Gasteiger partial charge in [0, 0.05) is 17.1 Å². The maximum Gasteiger partial charge on any atom is 0.434 e. The summed E-state index contributed by atoms with van der Waals surface area (Å²) in [6.45, 7) is -0.293. The third-order valence-corrected chi connectivity index (χ3v) is 6.08. The second-order valence-corrected chi connectivity index (χ2v) is 8.87. The maximum atomic E-state index is 14.5. The van der Waals surface area contributed by atoms with E-state index in [1.807, 2.05) is 0 Å². The van der Waals surface area contributed by atoms with Crippen LogP contribution in [0.3, 0.4) is 0 Å². The molecule has 1 fully saturated rings. The van der Waals surface area contributed by atoms with E-state index < -0.39 is 36.8 Å². The molecular weight excluding hydrogens is 481 g/mol. The van der Waals surface area contributed by atoms with Crippen molar-refractivity contribution in [2.24, 2.45) is 0 Å². The standard InChI is InChI=1S/C20H12ClF2N4O5P/c21-14-4-3-13-12(9-27(33(30,31)32)18(13)17(14)23)6-16-19(28)26(20(29)25-16)8-10-1-2-11(7-24)15(22)5-10/h1-6,9H,8H2,(H,25,29)(H2,30,31,32)/b16-6-. The molecule has 168 valence electrons. The number of benzene rings is 2. The average molecular weight is 493 g/mol. The molecule has 4 rings (SSSR count). The first-order valence-electron chi connectivity index (χ1n) is 9.09. The van der Waals surface area contributed by atoms with Crippen molar-refractivity contribution in [2.45, 2.75) is 6.54 Å². The largest absolute Gasteiger partial charge is 0.434 e. The molecule has 0 bridgehead atoms. The van der Waals surface area contributed by atoms with E-state index in [1.165, 1.54) is 24.3 Å². The lowest BCUT2D eigenvalue weighted by atomic mass is 10.1. The van der Waals surface area contributed by atoms with Crippen LogP contribution in [0.2, 0.25) is 5.02 Å². The first-order chi connectivity index (χ1) is 15.5. The maximum absolute atomic E-state index is 14.5. The summed E-state index contributed by atoms with van der Waals surface area (Å²) in [4.78, 5) is 45.0. The number of fused-ring (bicyclic) bond motifs is 1. The Bertz CT molecular complexity index is 1470. The Morgan fingerprint density at radius 2 is 1.94 bits per heavy atom. The van der Waals surface area contributed by atoms with Gasteiger partial charge < -0.3 is 15.1 Å². The van der Waals surface area contributed by atoms with Crippen LogP contribution >= 0.6 is 19.3 Å². The highest BCUT2D eigenvalue weighted by Gasteiger charge is 2.34. The van der Waals surface area contributed by atoms with Crippen LogP contribution in [0.25, 0.3) is 17.0 Å². The van der Waals surface area contributed by atoms with Crippen LogP contribution in [0, 0.1) is 23.0 Å². The summed E-state index contributed by atoms with van der Waals surface area (Å²) < 4.78 is 40.6. The number of imide groups is 1. The molecule has 2 heterocycles. The third-order valence-electron chi connectivity index (χ3n) is 4.91. The van der Waals surface area contributed by atoms with Gasteiger partial charge in [-0.15, -0.1) is 0 Å². The number of hydrogen-bond acceptors (Lipinski definition) is 4. The second-order valence-electron chi connectivity index (χ2n) is 7.01. The first-order valence-corrected chi connectivity index (χ1v) is 11.0. The topological polar surface area (TPSA) is 136 Å². The number of carbonyl (C=O) groups is 2. The number of urea groups is 1. The monoisotopic (exact) mass is 492 g/mol. The Labute approximate surface area is 189 Å². The number of nitrogens with zero attached hydrogens (tertiary/aromatic N) is 3. The number of nitriles is 1. The smallest absolute Gasteiger partial charge is 0.308 e. The van der Waals surface area contributed by atoms with Gasteiger partial charge in [0.25, 0.3) is 5.91 Å². The molecule has 0 aliphatic carbocycles. The van der Waals surface area contributed by atoms with Crippen LogP contribution in [0.15, 0.2) is 42.2 Å². The Balaban J connectivity index is 1.72. The van der Waals surface area contributed by atoms with Crippen molar-refractivity contribution >= 4 is 48.3 Å². The number of rotatable bonds is 4.